The first kappa shape index (κ1) is 15.4. The van der Waals surface area contributed by atoms with Crippen molar-refractivity contribution in [3.8, 4) is 0 Å². The molecule has 2 N–H and O–H groups in total. The summed E-state index contributed by atoms with van der Waals surface area (Å²) < 4.78 is 1.93. The number of carboxylic acids is 1. The van der Waals surface area contributed by atoms with Crippen molar-refractivity contribution in [2.45, 2.75) is 26.4 Å². The van der Waals surface area contributed by atoms with Gasteiger partial charge in [-0.05, 0) is 35.8 Å². The van der Waals surface area contributed by atoms with Gasteiger partial charge in [-0.15, -0.1) is 0 Å². The second-order valence-corrected chi connectivity index (χ2v) is 5.21. The number of aliphatic carboxylic acids is 1. The number of carbonyl (C=O) groups is 2. The number of nitrogens with one attached hydrogen (secondary N) is 1. The molecule has 0 aromatic carbocycles. The van der Waals surface area contributed by atoms with Crippen LogP contribution in [0.1, 0.15) is 13.8 Å². The molecule has 0 aliphatic rings. The van der Waals surface area contributed by atoms with Crippen molar-refractivity contribution < 1.29 is 14.7 Å². The van der Waals surface area contributed by atoms with E-state index < -0.39 is 23.8 Å². The number of rotatable bonds is 5. The van der Waals surface area contributed by atoms with Crippen LogP contribution >= 0.6 is 15.9 Å². The van der Waals surface area contributed by atoms with E-state index in [9.17, 15) is 14.4 Å². The van der Waals surface area contributed by atoms with Gasteiger partial charge in [-0.2, -0.15) is 0 Å². The van der Waals surface area contributed by atoms with E-state index in [0.29, 0.717) is 4.47 Å². The van der Waals surface area contributed by atoms with Gasteiger partial charge in [0.1, 0.15) is 6.54 Å². The molecule has 1 amide bonds. The number of amides is 1. The Morgan fingerprint density at radius 3 is 2.63 bits per heavy atom. The molecule has 1 heterocycles. The van der Waals surface area contributed by atoms with Crippen molar-refractivity contribution in [2.24, 2.45) is 5.92 Å². The highest BCUT2D eigenvalue weighted by Gasteiger charge is 2.21. The third-order valence-electron chi connectivity index (χ3n) is 2.79. The summed E-state index contributed by atoms with van der Waals surface area (Å²) in [5.74, 6) is -2.07. The normalized spacial score (nSPS) is 13.6. The Hall–Kier alpha value is -1.63. The number of carbonyl (C=O) groups excluding carboxylic acids is 1. The second kappa shape index (κ2) is 6.51. The third-order valence-corrected chi connectivity index (χ3v) is 3.26. The van der Waals surface area contributed by atoms with Crippen molar-refractivity contribution in [3.63, 3.8) is 0 Å². The number of aromatic nitrogens is 1. The Bertz CT molecular complexity index is 541. The van der Waals surface area contributed by atoms with Crippen LogP contribution < -0.4 is 10.9 Å². The van der Waals surface area contributed by atoms with E-state index in [1.54, 1.807) is 13.0 Å². The van der Waals surface area contributed by atoms with Gasteiger partial charge in [-0.3, -0.25) is 14.4 Å². The molecule has 0 saturated carbocycles. The lowest BCUT2D eigenvalue weighted by atomic mass is 10.0. The van der Waals surface area contributed by atoms with E-state index in [1.807, 2.05) is 0 Å². The van der Waals surface area contributed by atoms with Crippen LogP contribution in [0.25, 0.3) is 0 Å². The number of hydrogen-bond acceptors (Lipinski definition) is 3. The smallest absolute Gasteiger partial charge is 0.308 e. The molecule has 0 aliphatic carbocycles. The van der Waals surface area contributed by atoms with Gasteiger partial charge in [0.25, 0.3) is 5.56 Å². The van der Waals surface area contributed by atoms with Crippen molar-refractivity contribution in [1.82, 2.24) is 9.88 Å². The molecule has 1 aromatic heterocycles. The Morgan fingerprint density at radius 2 is 2.05 bits per heavy atom. The summed E-state index contributed by atoms with van der Waals surface area (Å²) in [5, 5.41) is 11.4. The molecule has 1 aromatic rings. The van der Waals surface area contributed by atoms with E-state index in [2.05, 4.69) is 21.2 Å². The molecule has 1 rings (SSSR count). The van der Waals surface area contributed by atoms with Gasteiger partial charge in [0.05, 0.1) is 5.92 Å². The molecule has 0 aliphatic heterocycles. The van der Waals surface area contributed by atoms with E-state index in [4.69, 9.17) is 5.11 Å². The van der Waals surface area contributed by atoms with E-state index in [1.165, 1.54) is 23.8 Å². The van der Waals surface area contributed by atoms with Crippen molar-refractivity contribution >= 4 is 27.8 Å². The molecule has 0 saturated heterocycles. The zero-order valence-corrected chi connectivity index (χ0v) is 12.2. The summed E-state index contributed by atoms with van der Waals surface area (Å²) in [6.45, 7) is 2.98. The predicted molar refractivity (Wildman–Crippen MR) is 72.8 cm³/mol. The summed E-state index contributed by atoms with van der Waals surface area (Å²) in [7, 11) is 0. The maximum absolute atomic E-state index is 11.7. The van der Waals surface area contributed by atoms with Crippen LogP contribution in [-0.2, 0) is 16.1 Å². The van der Waals surface area contributed by atoms with Crippen LogP contribution in [0.5, 0.6) is 0 Å². The molecule has 19 heavy (non-hydrogen) atoms. The van der Waals surface area contributed by atoms with Gasteiger partial charge in [0.15, 0.2) is 0 Å². The second-order valence-electron chi connectivity index (χ2n) is 4.30. The molecule has 104 valence electrons. The van der Waals surface area contributed by atoms with Crippen LogP contribution in [-0.4, -0.2) is 27.6 Å². The summed E-state index contributed by atoms with van der Waals surface area (Å²) in [4.78, 5) is 34.0. The van der Waals surface area contributed by atoms with Gasteiger partial charge in [-0.25, -0.2) is 0 Å². The SMILES string of the molecule is CC(NC(=O)Cn1cc(Br)ccc1=O)C(C)C(=O)O. The van der Waals surface area contributed by atoms with Gasteiger partial charge < -0.3 is 15.0 Å². The molecule has 6 nitrogen and oxygen atoms in total. The number of carboxylic acid groups (broad SMARTS) is 1. The molecule has 0 spiro atoms. The van der Waals surface area contributed by atoms with Crippen LogP contribution in [0.4, 0.5) is 0 Å². The lowest BCUT2D eigenvalue weighted by Gasteiger charge is -2.18. The molecule has 0 radical (unpaired) electrons. The fourth-order valence-electron chi connectivity index (χ4n) is 1.42. The Morgan fingerprint density at radius 1 is 1.42 bits per heavy atom. The Kier molecular flexibility index (Phi) is 5.29. The minimum atomic E-state index is -0.979. The zero-order valence-electron chi connectivity index (χ0n) is 10.6. The quantitative estimate of drug-likeness (QED) is 0.837. The topological polar surface area (TPSA) is 88.4 Å². The van der Waals surface area contributed by atoms with Crippen LogP contribution in [0.15, 0.2) is 27.6 Å². The highest BCUT2D eigenvalue weighted by atomic mass is 79.9. The average Bonchev–Trinajstić information content (AvgIpc) is 2.32. The molecule has 7 heteroatoms. The van der Waals surface area contributed by atoms with Crippen molar-refractivity contribution in [2.75, 3.05) is 0 Å². The van der Waals surface area contributed by atoms with E-state index >= 15 is 0 Å². The minimum absolute atomic E-state index is 0.144. The first-order valence-electron chi connectivity index (χ1n) is 5.69. The Balaban J connectivity index is 2.68. The van der Waals surface area contributed by atoms with E-state index in [-0.39, 0.29) is 12.1 Å². The minimum Gasteiger partial charge on any atom is -0.481 e. The van der Waals surface area contributed by atoms with Gasteiger partial charge in [0.2, 0.25) is 5.91 Å². The summed E-state index contributed by atoms with van der Waals surface area (Å²) in [5.41, 5.74) is -0.294. The molecule has 2 unspecified atom stereocenters. The first-order valence-corrected chi connectivity index (χ1v) is 6.48. The van der Waals surface area contributed by atoms with E-state index in [0.717, 1.165) is 0 Å². The van der Waals surface area contributed by atoms with Crippen LogP contribution in [0.2, 0.25) is 0 Å². The third kappa shape index (κ3) is 4.51. The number of pyridine rings is 1. The largest absolute Gasteiger partial charge is 0.481 e. The van der Waals surface area contributed by atoms with Gasteiger partial charge in [0, 0.05) is 22.8 Å². The van der Waals surface area contributed by atoms with Crippen LogP contribution in [0.3, 0.4) is 0 Å². The first-order chi connectivity index (χ1) is 8.81. The lowest BCUT2D eigenvalue weighted by molar-refractivity contribution is -0.142. The summed E-state index contributed by atoms with van der Waals surface area (Å²) in [6, 6.07) is 2.43. The summed E-state index contributed by atoms with van der Waals surface area (Å²) >= 11 is 3.21. The highest BCUT2D eigenvalue weighted by Crippen LogP contribution is 2.05. The predicted octanol–water partition coefficient (Wildman–Crippen LogP) is 0.836. The molecular formula is C12H15BrN2O4. The number of hydrogen-bond donors (Lipinski definition) is 2. The highest BCUT2D eigenvalue weighted by molar-refractivity contribution is 9.10. The Labute approximate surface area is 118 Å². The number of nitrogens with zero attached hydrogens (tertiary/aromatic N) is 1. The monoisotopic (exact) mass is 330 g/mol. The van der Waals surface area contributed by atoms with Crippen molar-refractivity contribution in [3.05, 3.63) is 33.2 Å². The number of halogens is 1. The zero-order chi connectivity index (χ0) is 14.6. The molecule has 2 atom stereocenters. The summed E-state index contributed by atoms with van der Waals surface area (Å²) in [6.07, 6.45) is 1.51. The molecule has 0 bridgehead atoms. The fraction of sp³-hybridized carbons (Fsp3) is 0.417. The van der Waals surface area contributed by atoms with Crippen LogP contribution in [0, 0.1) is 5.92 Å². The maximum Gasteiger partial charge on any atom is 0.308 e. The van der Waals surface area contributed by atoms with Gasteiger partial charge >= 0.3 is 5.97 Å². The maximum atomic E-state index is 11.7. The standard InChI is InChI=1S/C12H15BrN2O4/c1-7(12(18)19)8(2)14-10(16)6-15-5-9(13)3-4-11(15)17/h3-5,7-8H,6H2,1-2H3,(H,14,16)(H,18,19). The fourth-order valence-corrected chi connectivity index (χ4v) is 1.80. The average molecular weight is 331 g/mol. The molecule has 0 fully saturated rings. The lowest BCUT2D eigenvalue weighted by Crippen LogP contribution is -2.42. The van der Waals surface area contributed by atoms with Gasteiger partial charge in [-0.1, -0.05) is 0 Å². The molecular weight excluding hydrogens is 316 g/mol. The van der Waals surface area contributed by atoms with Crippen molar-refractivity contribution in [1.29, 1.82) is 0 Å².